The van der Waals surface area contributed by atoms with Crippen LogP contribution in [0.25, 0.3) is 10.8 Å². The predicted octanol–water partition coefficient (Wildman–Crippen LogP) is 3.59. The Morgan fingerprint density at radius 2 is 1.60 bits per heavy atom. The lowest BCUT2D eigenvalue weighted by Gasteiger charge is -2.29. The Bertz CT molecular complexity index is 1810. The quantitative estimate of drug-likeness (QED) is 0.0956. The van der Waals surface area contributed by atoms with Crippen molar-refractivity contribution < 1.29 is 33.8 Å². The highest BCUT2D eigenvalue weighted by atomic mass is 32.1. The van der Waals surface area contributed by atoms with E-state index in [1.54, 1.807) is 11.6 Å². The Hall–Kier alpha value is -4.89. The lowest BCUT2D eigenvalue weighted by Crippen LogP contribution is -2.57. The minimum atomic E-state index is -1.17. The third-order valence-corrected chi connectivity index (χ3v) is 10.2. The van der Waals surface area contributed by atoms with Gasteiger partial charge in [0.2, 0.25) is 17.7 Å². The third kappa shape index (κ3) is 13.4. The van der Waals surface area contributed by atoms with E-state index in [1.807, 2.05) is 86.6 Å². The number of nitrogens with one attached hydrogen (secondary N) is 4. The molecular formula is C41H52N6O7S. The molecule has 0 aliphatic carbocycles. The van der Waals surface area contributed by atoms with Crippen molar-refractivity contribution in [1.29, 1.82) is 0 Å². The number of benzene rings is 3. The maximum atomic E-state index is 14.2. The van der Waals surface area contributed by atoms with Crippen molar-refractivity contribution in [1.82, 2.24) is 31.2 Å². The Labute approximate surface area is 326 Å². The molecule has 4 aromatic rings. The number of morpholine rings is 1. The van der Waals surface area contributed by atoms with Gasteiger partial charge in [0, 0.05) is 50.6 Å². The van der Waals surface area contributed by atoms with Crippen LogP contribution in [0.4, 0.5) is 4.79 Å². The highest BCUT2D eigenvalue weighted by Crippen LogP contribution is 2.21. The first-order chi connectivity index (χ1) is 26.6. The lowest BCUT2D eigenvalue weighted by molar-refractivity contribution is -0.131. The van der Waals surface area contributed by atoms with Gasteiger partial charge in [-0.15, -0.1) is 11.3 Å². The molecule has 14 heteroatoms. The molecule has 13 nitrogen and oxygen atoms in total. The molecule has 5 N–H and O–H groups in total. The molecule has 1 saturated heterocycles. The summed E-state index contributed by atoms with van der Waals surface area (Å²) in [5, 5.41) is 27.0. The average Bonchev–Trinajstić information content (AvgIpc) is 3.70. The van der Waals surface area contributed by atoms with E-state index in [-0.39, 0.29) is 37.7 Å². The van der Waals surface area contributed by atoms with Crippen LogP contribution >= 0.6 is 11.3 Å². The molecule has 3 aromatic carbocycles. The molecule has 5 rings (SSSR count). The minimum absolute atomic E-state index is 0.00974. The molecule has 1 aliphatic rings. The minimum Gasteiger partial charge on any atom is -0.445 e. The Kier molecular flexibility index (Phi) is 16.0. The van der Waals surface area contributed by atoms with Gasteiger partial charge in [-0.25, -0.2) is 9.78 Å². The first-order valence-electron chi connectivity index (χ1n) is 18.8. The Morgan fingerprint density at radius 3 is 2.35 bits per heavy atom. The molecule has 1 aromatic heterocycles. The first kappa shape index (κ1) is 41.3. The highest BCUT2D eigenvalue weighted by molar-refractivity contribution is 7.09. The van der Waals surface area contributed by atoms with Gasteiger partial charge in [0.15, 0.2) is 0 Å². The van der Waals surface area contributed by atoms with Gasteiger partial charge in [-0.1, -0.05) is 86.6 Å². The molecule has 4 amide bonds. The van der Waals surface area contributed by atoms with Gasteiger partial charge >= 0.3 is 6.09 Å². The predicted molar refractivity (Wildman–Crippen MR) is 211 cm³/mol. The van der Waals surface area contributed by atoms with Crippen LogP contribution in [-0.2, 0) is 43.3 Å². The van der Waals surface area contributed by atoms with E-state index in [0.717, 1.165) is 35.0 Å². The number of hydrogen-bond donors (Lipinski definition) is 5. The zero-order chi connectivity index (χ0) is 39.0. The number of amides is 4. The summed E-state index contributed by atoms with van der Waals surface area (Å²) in [7, 11) is 0. The molecule has 1 aliphatic heterocycles. The standard InChI is InChI=1S/C41H52N6O7S/c1-28(2)23-33(36(48)26-37(49)42-15-17-47-18-20-53-21-19-47)44-40(51)35(25-38-43-16-22-55-38)45-39(50)34(46-41(52)54-27-29-9-4-3-5-10-29)24-31-13-8-12-30-11-6-7-14-32(30)31/h3-14,16,22,28,33-36,48H,15,17-21,23-27H2,1-2H3,(H,42,49)(H,44,51)(H,45,50)(H,46,52)/t33?,34-,35-,36?/m0/s1. The fourth-order valence-corrected chi connectivity index (χ4v) is 7.17. The smallest absolute Gasteiger partial charge is 0.408 e. The summed E-state index contributed by atoms with van der Waals surface area (Å²) in [5.41, 5.74) is 1.61. The molecule has 0 bridgehead atoms. The first-order valence-corrected chi connectivity index (χ1v) is 19.7. The van der Waals surface area contributed by atoms with Crippen molar-refractivity contribution in [3.63, 3.8) is 0 Å². The number of aromatic nitrogens is 1. The van der Waals surface area contributed by atoms with Crippen LogP contribution < -0.4 is 21.3 Å². The number of rotatable bonds is 19. The summed E-state index contributed by atoms with van der Waals surface area (Å²) in [4.78, 5) is 60.8. The van der Waals surface area contributed by atoms with Crippen molar-refractivity contribution in [3.05, 3.63) is 101 Å². The molecular weight excluding hydrogens is 721 g/mol. The summed E-state index contributed by atoms with van der Waals surface area (Å²) < 4.78 is 10.9. The largest absolute Gasteiger partial charge is 0.445 e. The molecule has 0 spiro atoms. The number of carbonyl (C=O) groups excluding carboxylic acids is 4. The SMILES string of the molecule is CC(C)CC(NC(=O)[C@H](Cc1nccs1)NC(=O)[C@H](Cc1cccc2ccccc12)NC(=O)OCc1ccccc1)C(O)CC(=O)NCCN1CCOCC1. The number of aliphatic hydroxyl groups is 1. The van der Waals surface area contributed by atoms with Gasteiger partial charge in [0.1, 0.15) is 18.7 Å². The molecule has 4 atom stereocenters. The van der Waals surface area contributed by atoms with Crippen LogP contribution in [0.15, 0.2) is 84.4 Å². The summed E-state index contributed by atoms with van der Waals surface area (Å²) in [5.74, 6) is -1.39. The maximum absolute atomic E-state index is 14.2. The fourth-order valence-electron chi connectivity index (χ4n) is 6.50. The van der Waals surface area contributed by atoms with Crippen molar-refractivity contribution in [2.45, 2.75) is 70.4 Å². The van der Waals surface area contributed by atoms with E-state index in [2.05, 4.69) is 31.2 Å². The van der Waals surface area contributed by atoms with E-state index >= 15 is 0 Å². The number of carbonyl (C=O) groups is 4. The number of ether oxygens (including phenoxy) is 2. The second-order valence-electron chi connectivity index (χ2n) is 14.1. The van der Waals surface area contributed by atoms with Crippen LogP contribution in [-0.4, -0.2) is 102 Å². The van der Waals surface area contributed by atoms with Gasteiger partial charge in [0.05, 0.1) is 36.8 Å². The molecule has 55 heavy (non-hydrogen) atoms. The molecule has 0 radical (unpaired) electrons. The monoisotopic (exact) mass is 772 g/mol. The number of alkyl carbamates (subject to hydrolysis) is 1. The van der Waals surface area contributed by atoms with E-state index in [9.17, 15) is 24.3 Å². The van der Waals surface area contributed by atoms with Crippen molar-refractivity contribution in [2.75, 3.05) is 39.4 Å². The number of thiazole rings is 1. The van der Waals surface area contributed by atoms with Crippen LogP contribution in [0.2, 0.25) is 0 Å². The highest BCUT2D eigenvalue weighted by Gasteiger charge is 2.32. The zero-order valence-corrected chi connectivity index (χ0v) is 32.3. The summed E-state index contributed by atoms with van der Waals surface area (Å²) in [6.45, 7) is 7.98. The van der Waals surface area contributed by atoms with E-state index in [4.69, 9.17) is 9.47 Å². The molecule has 294 valence electrons. The van der Waals surface area contributed by atoms with Gasteiger partial charge in [-0.05, 0) is 34.2 Å². The van der Waals surface area contributed by atoms with Gasteiger partial charge in [0.25, 0.3) is 0 Å². The van der Waals surface area contributed by atoms with E-state index in [0.29, 0.717) is 37.7 Å². The lowest BCUT2D eigenvalue weighted by atomic mass is 9.96. The van der Waals surface area contributed by atoms with Gasteiger partial charge < -0.3 is 35.8 Å². The molecule has 2 heterocycles. The molecule has 1 fully saturated rings. The zero-order valence-electron chi connectivity index (χ0n) is 31.4. The van der Waals surface area contributed by atoms with E-state index < -0.39 is 42.1 Å². The van der Waals surface area contributed by atoms with Crippen LogP contribution in [0.3, 0.4) is 0 Å². The normalized spacial score (nSPS) is 15.4. The van der Waals surface area contributed by atoms with Crippen LogP contribution in [0, 0.1) is 5.92 Å². The Morgan fingerprint density at radius 1 is 0.891 bits per heavy atom. The molecule has 0 saturated carbocycles. The summed E-state index contributed by atoms with van der Waals surface area (Å²) >= 11 is 1.34. The second kappa shape index (κ2) is 21.3. The average molecular weight is 773 g/mol. The fraction of sp³-hybridized carbons (Fsp3) is 0.439. The topological polar surface area (TPSA) is 171 Å². The maximum Gasteiger partial charge on any atom is 0.408 e. The number of hydrogen-bond acceptors (Lipinski definition) is 10. The van der Waals surface area contributed by atoms with Gasteiger partial charge in [-0.2, -0.15) is 0 Å². The van der Waals surface area contributed by atoms with Crippen molar-refractivity contribution in [2.24, 2.45) is 5.92 Å². The van der Waals surface area contributed by atoms with Crippen LogP contribution in [0.5, 0.6) is 0 Å². The number of nitrogens with zero attached hydrogens (tertiary/aromatic N) is 2. The van der Waals surface area contributed by atoms with Gasteiger partial charge in [-0.3, -0.25) is 19.3 Å². The van der Waals surface area contributed by atoms with Crippen LogP contribution in [0.1, 0.15) is 42.8 Å². The number of fused-ring (bicyclic) bond motifs is 1. The van der Waals surface area contributed by atoms with Crippen molar-refractivity contribution >= 4 is 45.9 Å². The van der Waals surface area contributed by atoms with Crippen molar-refractivity contribution in [3.8, 4) is 0 Å². The summed E-state index contributed by atoms with van der Waals surface area (Å²) in [6, 6.07) is 19.7. The number of aliphatic hydroxyl groups excluding tert-OH is 1. The Balaban J connectivity index is 1.29. The summed E-state index contributed by atoms with van der Waals surface area (Å²) in [6.07, 6.45) is 0.0413. The van der Waals surface area contributed by atoms with E-state index in [1.165, 1.54) is 11.3 Å². The molecule has 2 unspecified atom stereocenters. The second-order valence-corrected chi connectivity index (χ2v) is 15.1. The third-order valence-electron chi connectivity index (χ3n) is 9.39.